The standard InChI is InChI=1S/C18H16ClFN4O.C6H8N2/c1-9-10(2)22-18-16(21-9)15(13-4-3-12(19)7-14(13)20)23-17(24-18)11-5-6-25-8-11;1-4-7-8(5-1)6-2-3-6/h3-4,7,11H,5-6,8H2,1-2H3;1,4-6H,2-3H2. The molecule has 6 rings (SSSR count). The summed E-state index contributed by atoms with van der Waals surface area (Å²) in [5, 5.41) is 4.43. The highest BCUT2D eigenvalue weighted by molar-refractivity contribution is 6.30. The molecule has 0 amide bonds. The van der Waals surface area contributed by atoms with E-state index < -0.39 is 5.82 Å². The fourth-order valence-electron chi connectivity index (χ4n) is 3.75. The minimum Gasteiger partial charge on any atom is -0.381 e. The van der Waals surface area contributed by atoms with Gasteiger partial charge < -0.3 is 4.74 Å². The van der Waals surface area contributed by atoms with Gasteiger partial charge in [0, 0.05) is 35.5 Å². The third-order valence-corrected chi connectivity index (χ3v) is 6.12. The first-order valence-corrected chi connectivity index (χ1v) is 11.4. The van der Waals surface area contributed by atoms with Crippen molar-refractivity contribution in [3.63, 3.8) is 0 Å². The minimum atomic E-state index is -0.443. The summed E-state index contributed by atoms with van der Waals surface area (Å²) in [7, 11) is 0. The summed E-state index contributed by atoms with van der Waals surface area (Å²) >= 11 is 5.89. The summed E-state index contributed by atoms with van der Waals surface area (Å²) in [5.74, 6) is 0.259. The molecule has 0 spiro atoms. The van der Waals surface area contributed by atoms with Crippen molar-refractivity contribution in [2.24, 2.45) is 0 Å². The van der Waals surface area contributed by atoms with E-state index in [9.17, 15) is 4.39 Å². The van der Waals surface area contributed by atoms with Crippen LogP contribution in [0.4, 0.5) is 4.39 Å². The third kappa shape index (κ3) is 4.72. The van der Waals surface area contributed by atoms with E-state index in [2.05, 4.69) is 25.0 Å². The van der Waals surface area contributed by atoms with Crippen LogP contribution in [0.25, 0.3) is 22.4 Å². The van der Waals surface area contributed by atoms with Gasteiger partial charge in [0.05, 0.1) is 24.0 Å². The average molecular weight is 467 g/mol. The largest absolute Gasteiger partial charge is 0.381 e. The molecular formula is C24H24ClFN6O. The summed E-state index contributed by atoms with van der Waals surface area (Å²) in [5.41, 5.74) is 3.31. The molecule has 2 aliphatic rings. The second-order valence-electron chi connectivity index (χ2n) is 8.40. The molecule has 0 radical (unpaired) electrons. The van der Waals surface area contributed by atoms with Crippen LogP contribution in [0.2, 0.25) is 5.02 Å². The zero-order valence-electron chi connectivity index (χ0n) is 18.5. The summed E-state index contributed by atoms with van der Waals surface area (Å²) in [6, 6.07) is 7.24. The SMILES string of the molecule is Cc1nc2nc(C3CCOC3)nc(-c3ccc(Cl)cc3F)c2nc1C.c1cnn(C2CC2)c1. The first-order chi connectivity index (χ1) is 16.0. The topological polar surface area (TPSA) is 78.6 Å². The van der Waals surface area contributed by atoms with Gasteiger partial charge in [-0.3, -0.25) is 4.68 Å². The highest BCUT2D eigenvalue weighted by atomic mass is 35.5. The summed E-state index contributed by atoms with van der Waals surface area (Å²) in [6.45, 7) is 4.98. The maximum absolute atomic E-state index is 14.5. The van der Waals surface area contributed by atoms with Crippen LogP contribution in [0, 0.1) is 19.7 Å². The van der Waals surface area contributed by atoms with Crippen LogP contribution < -0.4 is 0 Å². The molecule has 4 aromatic rings. The smallest absolute Gasteiger partial charge is 0.182 e. The van der Waals surface area contributed by atoms with E-state index in [1.807, 2.05) is 37.0 Å². The van der Waals surface area contributed by atoms with Crippen molar-refractivity contribution in [1.29, 1.82) is 0 Å². The van der Waals surface area contributed by atoms with Gasteiger partial charge in [0.25, 0.3) is 0 Å². The van der Waals surface area contributed by atoms with Gasteiger partial charge in [-0.05, 0) is 57.4 Å². The van der Waals surface area contributed by atoms with Gasteiger partial charge in [-0.15, -0.1) is 0 Å². The molecule has 0 bridgehead atoms. The van der Waals surface area contributed by atoms with Crippen molar-refractivity contribution >= 4 is 22.8 Å². The molecule has 1 aliphatic heterocycles. The van der Waals surface area contributed by atoms with Crippen LogP contribution in [-0.2, 0) is 4.74 Å². The Bertz CT molecular complexity index is 1290. The van der Waals surface area contributed by atoms with Gasteiger partial charge in [0.2, 0.25) is 0 Å². The lowest BCUT2D eigenvalue weighted by atomic mass is 10.1. The number of nitrogens with zero attached hydrogens (tertiary/aromatic N) is 6. The number of aryl methyl sites for hydroxylation is 2. The number of fused-ring (bicyclic) bond motifs is 1. The molecule has 9 heteroatoms. The van der Waals surface area contributed by atoms with Crippen molar-refractivity contribution in [3.05, 3.63) is 64.7 Å². The van der Waals surface area contributed by atoms with E-state index in [1.165, 1.54) is 18.9 Å². The Kier molecular flexibility index (Phi) is 6.03. The fourth-order valence-corrected chi connectivity index (χ4v) is 3.91. The van der Waals surface area contributed by atoms with Gasteiger partial charge in [0.15, 0.2) is 5.65 Å². The first kappa shape index (κ1) is 21.9. The molecule has 2 fully saturated rings. The number of hydrogen-bond acceptors (Lipinski definition) is 6. The summed E-state index contributed by atoms with van der Waals surface area (Å²) in [4.78, 5) is 18.3. The van der Waals surface area contributed by atoms with Crippen molar-refractivity contribution < 1.29 is 9.13 Å². The lowest BCUT2D eigenvalue weighted by Gasteiger charge is -2.12. The second kappa shape index (κ2) is 9.11. The van der Waals surface area contributed by atoms with Crippen LogP contribution in [0.5, 0.6) is 0 Å². The number of ether oxygens (including phenoxy) is 1. The Morgan fingerprint density at radius 1 is 1.06 bits per heavy atom. The maximum Gasteiger partial charge on any atom is 0.182 e. The lowest BCUT2D eigenvalue weighted by Crippen LogP contribution is -2.09. The van der Waals surface area contributed by atoms with E-state index in [1.54, 1.807) is 12.1 Å². The van der Waals surface area contributed by atoms with Gasteiger partial charge in [-0.2, -0.15) is 5.10 Å². The molecule has 1 aliphatic carbocycles. The molecule has 1 aromatic carbocycles. The Morgan fingerprint density at radius 2 is 1.88 bits per heavy atom. The molecule has 33 heavy (non-hydrogen) atoms. The van der Waals surface area contributed by atoms with Crippen LogP contribution in [0.1, 0.15) is 48.4 Å². The molecule has 4 heterocycles. The number of hydrogen-bond donors (Lipinski definition) is 0. The molecule has 7 nitrogen and oxygen atoms in total. The Hall–Kier alpha value is -2.97. The van der Waals surface area contributed by atoms with Crippen molar-refractivity contribution in [1.82, 2.24) is 29.7 Å². The Morgan fingerprint density at radius 3 is 2.55 bits per heavy atom. The highest BCUT2D eigenvalue weighted by Gasteiger charge is 2.25. The van der Waals surface area contributed by atoms with E-state index in [4.69, 9.17) is 16.3 Å². The molecular weight excluding hydrogens is 443 g/mol. The molecule has 3 aromatic heterocycles. The van der Waals surface area contributed by atoms with Crippen LogP contribution in [0.3, 0.4) is 0 Å². The second-order valence-corrected chi connectivity index (χ2v) is 8.84. The monoisotopic (exact) mass is 466 g/mol. The quantitative estimate of drug-likeness (QED) is 0.412. The van der Waals surface area contributed by atoms with Crippen molar-refractivity contribution in [2.75, 3.05) is 13.2 Å². The van der Waals surface area contributed by atoms with E-state index in [-0.39, 0.29) is 5.92 Å². The van der Waals surface area contributed by atoms with E-state index in [0.29, 0.717) is 46.5 Å². The fraction of sp³-hybridized carbons (Fsp3) is 0.375. The zero-order valence-corrected chi connectivity index (χ0v) is 19.3. The summed E-state index contributed by atoms with van der Waals surface area (Å²) < 4.78 is 22.0. The van der Waals surface area contributed by atoms with E-state index >= 15 is 0 Å². The molecule has 1 atom stereocenters. The Labute approximate surface area is 196 Å². The number of rotatable bonds is 3. The minimum absolute atomic E-state index is 0.0851. The van der Waals surface area contributed by atoms with Crippen LogP contribution >= 0.6 is 11.6 Å². The highest BCUT2D eigenvalue weighted by Crippen LogP contribution is 2.33. The molecule has 1 unspecified atom stereocenters. The lowest BCUT2D eigenvalue weighted by molar-refractivity contribution is 0.193. The molecule has 1 saturated carbocycles. The van der Waals surface area contributed by atoms with Gasteiger partial charge in [0.1, 0.15) is 22.9 Å². The van der Waals surface area contributed by atoms with Gasteiger partial charge in [-0.1, -0.05) is 11.6 Å². The predicted molar refractivity (Wildman–Crippen MR) is 124 cm³/mol. The van der Waals surface area contributed by atoms with Crippen LogP contribution in [-0.4, -0.2) is 42.9 Å². The normalized spacial score (nSPS) is 17.8. The zero-order chi connectivity index (χ0) is 22.9. The Balaban J connectivity index is 0.000000238. The third-order valence-electron chi connectivity index (χ3n) is 5.89. The molecule has 1 saturated heterocycles. The average Bonchev–Trinajstić information content (AvgIpc) is 3.25. The van der Waals surface area contributed by atoms with Gasteiger partial charge in [-0.25, -0.2) is 24.3 Å². The molecule has 0 N–H and O–H groups in total. The van der Waals surface area contributed by atoms with Crippen molar-refractivity contribution in [2.45, 2.75) is 45.1 Å². The first-order valence-electron chi connectivity index (χ1n) is 11.0. The number of aromatic nitrogens is 6. The molecule has 170 valence electrons. The van der Waals surface area contributed by atoms with E-state index in [0.717, 1.165) is 23.9 Å². The summed E-state index contributed by atoms with van der Waals surface area (Å²) in [6.07, 6.45) is 7.34. The predicted octanol–water partition coefficient (Wildman–Crippen LogP) is 5.22. The number of halogens is 2. The maximum atomic E-state index is 14.5. The number of benzene rings is 1. The van der Waals surface area contributed by atoms with Crippen molar-refractivity contribution in [3.8, 4) is 11.3 Å². The van der Waals surface area contributed by atoms with Gasteiger partial charge >= 0.3 is 0 Å². The van der Waals surface area contributed by atoms with Crippen LogP contribution in [0.15, 0.2) is 36.7 Å².